The fraction of sp³-hybridized carbons (Fsp3) is 0.120. The van der Waals surface area contributed by atoms with E-state index in [1.807, 2.05) is 37.3 Å². The summed E-state index contributed by atoms with van der Waals surface area (Å²) in [5, 5.41) is 14.9. The third-order valence-corrected chi connectivity index (χ3v) is 5.35. The Morgan fingerprint density at radius 2 is 1.64 bits per heavy atom. The molecule has 2 N–H and O–H groups in total. The molecule has 4 aromatic rings. The molecular weight excluding hydrogens is 453 g/mol. The Balaban J connectivity index is 1.79. The Labute approximate surface area is 193 Å². The fourth-order valence-corrected chi connectivity index (χ4v) is 3.71. The first-order valence-corrected chi connectivity index (χ1v) is 10.5. The summed E-state index contributed by atoms with van der Waals surface area (Å²) < 4.78 is 43.8. The topological polar surface area (TPSA) is 46.4 Å². The lowest BCUT2D eigenvalue weighted by Crippen LogP contribution is -2.17. The normalized spacial score (nSPS) is 12.4. The molecule has 1 atom stereocenters. The highest BCUT2D eigenvalue weighted by atomic mass is 35.5. The number of benzene rings is 3. The van der Waals surface area contributed by atoms with E-state index in [1.54, 1.807) is 41.0 Å². The maximum absolute atomic E-state index is 12.7. The van der Waals surface area contributed by atoms with Gasteiger partial charge in [-0.05, 0) is 55.0 Å². The Kier molecular flexibility index (Phi) is 6.24. The maximum Gasteiger partial charge on any atom is 0.573 e. The zero-order chi connectivity index (χ0) is 23.6. The lowest BCUT2D eigenvalue weighted by atomic mass is 10.1. The van der Waals surface area contributed by atoms with Crippen molar-refractivity contribution in [2.24, 2.45) is 0 Å². The quantitative estimate of drug-likeness (QED) is 0.304. The van der Waals surface area contributed by atoms with E-state index in [-0.39, 0.29) is 17.7 Å². The van der Waals surface area contributed by atoms with E-state index in [0.717, 1.165) is 5.56 Å². The van der Waals surface area contributed by atoms with Gasteiger partial charge in [0.15, 0.2) is 0 Å². The molecule has 1 aromatic heterocycles. The van der Waals surface area contributed by atoms with Gasteiger partial charge in [-0.25, -0.2) is 0 Å². The lowest BCUT2D eigenvalue weighted by Gasteiger charge is -2.15. The number of nitrogens with one attached hydrogen (secondary N) is 1. The van der Waals surface area contributed by atoms with E-state index in [0.29, 0.717) is 27.7 Å². The van der Waals surface area contributed by atoms with Crippen LogP contribution < -0.4 is 10.1 Å². The zero-order valence-electron chi connectivity index (χ0n) is 17.5. The molecule has 3 aromatic carbocycles. The standard InChI is InChI=1S/C25H20ClF3N2O2/c1-16(17-6-3-2-4-7-17)30-22-15-23(18-8-5-9-21(14-18)33-25(27,28)29)31(24(22)32)20-12-10-19(26)11-13-20/h2-16,30,32H,1H3/t16-/m1/s1. The summed E-state index contributed by atoms with van der Waals surface area (Å²) in [7, 11) is 0. The van der Waals surface area contributed by atoms with Crippen molar-refractivity contribution >= 4 is 17.3 Å². The molecule has 1 heterocycles. The van der Waals surface area contributed by atoms with Gasteiger partial charge in [0, 0.05) is 22.3 Å². The maximum atomic E-state index is 12.7. The van der Waals surface area contributed by atoms with Crippen molar-refractivity contribution in [3.63, 3.8) is 0 Å². The highest BCUT2D eigenvalue weighted by molar-refractivity contribution is 6.30. The van der Waals surface area contributed by atoms with Crippen LogP contribution in [0, 0.1) is 0 Å². The van der Waals surface area contributed by atoms with Crippen LogP contribution in [0.3, 0.4) is 0 Å². The summed E-state index contributed by atoms with van der Waals surface area (Å²) in [6.07, 6.45) is -4.81. The predicted molar refractivity (Wildman–Crippen MR) is 123 cm³/mol. The molecule has 0 unspecified atom stereocenters. The van der Waals surface area contributed by atoms with Crippen molar-refractivity contribution in [2.45, 2.75) is 19.3 Å². The molecule has 170 valence electrons. The van der Waals surface area contributed by atoms with E-state index >= 15 is 0 Å². The van der Waals surface area contributed by atoms with E-state index in [1.165, 1.54) is 18.2 Å². The summed E-state index contributed by atoms with van der Waals surface area (Å²) in [5.41, 5.74) is 2.94. The van der Waals surface area contributed by atoms with Crippen molar-refractivity contribution in [2.75, 3.05) is 5.32 Å². The Morgan fingerprint density at radius 3 is 2.30 bits per heavy atom. The number of nitrogens with zero attached hydrogens (tertiary/aromatic N) is 1. The average molecular weight is 473 g/mol. The third-order valence-electron chi connectivity index (χ3n) is 5.09. The van der Waals surface area contributed by atoms with Crippen LogP contribution in [0.4, 0.5) is 18.9 Å². The molecule has 0 saturated carbocycles. The number of alkyl halides is 3. The first-order chi connectivity index (χ1) is 15.7. The van der Waals surface area contributed by atoms with Crippen molar-refractivity contribution in [3.05, 3.63) is 95.5 Å². The van der Waals surface area contributed by atoms with Crippen molar-refractivity contribution in [1.82, 2.24) is 4.57 Å². The van der Waals surface area contributed by atoms with Crippen molar-refractivity contribution in [3.8, 4) is 28.6 Å². The molecule has 0 aliphatic rings. The molecule has 0 spiro atoms. The molecule has 0 fully saturated rings. The minimum absolute atomic E-state index is 0.0859. The highest BCUT2D eigenvalue weighted by Crippen LogP contribution is 2.40. The van der Waals surface area contributed by atoms with Crippen LogP contribution in [-0.2, 0) is 0 Å². The van der Waals surface area contributed by atoms with Gasteiger partial charge in [0.2, 0.25) is 5.88 Å². The van der Waals surface area contributed by atoms with Crippen LogP contribution >= 0.6 is 11.6 Å². The summed E-state index contributed by atoms with van der Waals surface area (Å²) in [6, 6.07) is 23.6. The van der Waals surface area contributed by atoms with Crippen LogP contribution in [0.5, 0.6) is 11.6 Å². The number of halogens is 4. The Bertz CT molecular complexity index is 1240. The van der Waals surface area contributed by atoms with Crippen LogP contribution in [0.15, 0.2) is 84.9 Å². The average Bonchev–Trinajstić information content (AvgIpc) is 3.10. The van der Waals surface area contributed by atoms with Gasteiger partial charge in [0.1, 0.15) is 5.75 Å². The molecule has 0 aliphatic carbocycles. The van der Waals surface area contributed by atoms with Crippen LogP contribution in [0.2, 0.25) is 5.02 Å². The number of hydrogen-bond donors (Lipinski definition) is 2. The Hall–Kier alpha value is -3.58. The van der Waals surface area contributed by atoms with Crippen LogP contribution in [-0.4, -0.2) is 16.0 Å². The summed E-state index contributed by atoms with van der Waals surface area (Å²) >= 11 is 6.01. The summed E-state index contributed by atoms with van der Waals surface area (Å²) in [6.45, 7) is 1.95. The predicted octanol–water partition coefficient (Wildman–Crippen LogP) is 7.58. The summed E-state index contributed by atoms with van der Waals surface area (Å²) in [4.78, 5) is 0. The Morgan fingerprint density at radius 1 is 0.939 bits per heavy atom. The second-order valence-corrected chi connectivity index (χ2v) is 7.87. The number of hydrogen-bond acceptors (Lipinski definition) is 3. The zero-order valence-corrected chi connectivity index (χ0v) is 18.2. The first kappa shape index (κ1) is 22.6. The number of anilines is 1. The molecule has 33 heavy (non-hydrogen) atoms. The monoisotopic (exact) mass is 472 g/mol. The van der Waals surface area contributed by atoms with Gasteiger partial charge in [-0.3, -0.25) is 4.57 Å². The van der Waals surface area contributed by atoms with E-state index in [4.69, 9.17) is 11.6 Å². The van der Waals surface area contributed by atoms with Gasteiger partial charge in [0.05, 0.1) is 11.4 Å². The minimum Gasteiger partial charge on any atom is -0.493 e. The highest BCUT2D eigenvalue weighted by Gasteiger charge is 2.31. The second-order valence-electron chi connectivity index (χ2n) is 7.43. The van der Waals surface area contributed by atoms with Gasteiger partial charge in [-0.2, -0.15) is 0 Å². The molecule has 0 aliphatic heterocycles. The molecule has 0 amide bonds. The van der Waals surface area contributed by atoms with Crippen LogP contribution in [0.25, 0.3) is 16.9 Å². The van der Waals surface area contributed by atoms with E-state index < -0.39 is 6.36 Å². The van der Waals surface area contributed by atoms with Crippen molar-refractivity contribution < 1.29 is 23.0 Å². The second kappa shape index (κ2) is 9.11. The molecule has 4 rings (SSSR count). The molecule has 0 radical (unpaired) electrons. The number of aromatic hydroxyl groups is 1. The summed E-state index contributed by atoms with van der Waals surface area (Å²) in [5.74, 6) is -0.437. The number of aromatic nitrogens is 1. The van der Waals surface area contributed by atoms with Gasteiger partial charge in [0.25, 0.3) is 0 Å². The molecular formula is C25H20ClF3N2O2. The lowest BCUT2D eigenvalue weighted by molar-refractivity contribution is -0.274. The smallest absolute Gasteiger partial charge is 0.493 e. The SMILES string of the molecule is C[C@@H](Nc1cc(-c2cccc(OC(F)(F)F)c2)n(-c2ccc(Cl)cc2)c1O)c1ccccc1. The van der Waals surface area contributed by atoms with E-state index in [9.17, 15) is 18.3 Å². The van der Waals surface area contributed by atoms with Gasteiger partial charge < -0.3 is 15.2 Å². The fourth-order valence-electron chi connectivity index (χ4n) is 3.58. The van der Waals surface area contributed by atoms with Gasteiger partial charge in [-0.15, -0.1) is 13.2 Å². The molecule has 8 heteroatoms. The van der Waals surface area contributed by atoms with Crippen molar-refractivity contribution in [1.29, 1.82) is 0 Å². The van der Waals surface area contributed by atoms with E-state index in [2.05, 4.69) is 10.1 Å². The first-order valence-electron chi connectivity index (χ1n) is 10.1. The number of rotatable bonds is 6. The number of ether oxygens (including phenoxy) is 1. The minimum atomic E-state index is -4.81. The van der Waals surface area contributed by atoms with Gasteiger partial charge >= 0.3 is 6.36 Å². The molecule has 0 saturated heterocycles. The molecule has 4 nitrogen and oxygen atoms in total. The van der Waals surface area contributed by atoms with Gasteiger partial charge in [-0.1, -0.05) is 54.1 Å². The third kappa shape index (κ3) is 5.26. The van der Waals surface area contributed by atoms with Crippen LogP contribution in [0.1, 0.15) is 18.5 Å². The molecule has 0 bridgehead atoms. The largest absolute Gasteiger partial charge is 0.573 e.